The summed E-state index contributed by atoms with van der Waals surface area (Å²) in [7, 11) is -3.11. The molecule has 0 aliphatic rings. The molecule has 0 heterocycles. The average Bonchev–Trinajstić information content (AvgIpc) is 2.00. The lowest BCUT2D eigenvalue weighted by Crippen LogP contribution is -2.45. The molecule has 0 amide bonds. The van der Waals surface area contributed by atoms with E-state index < -0.39 is 20.7 Å². The van der Waals surface area contributed by atoms with Crippen LogP contribution in [0.2, 0.25) is 6.55 Å². The minimum absolute atomic E-state index is 0.430. The van der Waals surface area contributed by atoms with E-state index in [2.05, 4.69) is 0 Å². The number of carbonyl (C=O) groups excluding carboxylic acids is 2. The summed E-state index contributed by atoms with van der Waals surface area (Å²) < 4.78 is 15.2. The summed E-state index contributed by atoms with van der Waals surface area (Å²) in [4.78, 5) is 21.6. The predicted octanol–water partition coefficient (Wildman–Crippen LogP) is 1.50. The summed E-state index contributed by atoms with van der Waals surface area (Å²) in [6.07, 6.45) is 1.80. The Morgan fingerprint density at radius 3 is 1.93 bits per heavy atom. The van der Waals surface area contributed by atoms with E-state index in [0.717, 1.165) is 12.8 Å². The van der Waals surface area contributed by atoms with Crippen molar-refractivity contribution in [3.63, 3.8) is 0 Å². The minimum Gasteiger partial charge on any atom is -0.465 e. The van der Waals surface area contributed by atoms with Crippen LogP contribution in [0.25, 0.3) is 0 Å². The zero-order valence-electron chi connectivity index (χ0n) is 9.66. The van der Waals surface area contributed by atoms with Gasteiger partial charge in [-0.1, -0.05) is 13.3 Å². The molecule has 0 aliphatic heterocycles. The molecule has 0 rings (SSSR count). The van der Waals surface area contributed by atoms with Gasteiger partial charge in [0.25, 0.3) is 11.9 Å². The summed E-state index contributed by atoms with van der Waals surface area (Å²) in [5.74, 6) is -0.996. The Balaban J connectivity index is 4.26. The van der Waals surface area contributed by atoms with Crippen molar-refractivity contribution >= 4 is 20.7 Å². The Kier molecular flexibility index (Phi) is 6.19. The molecule has 0 aromatic rings. The third-order valence-electron chi connectivity index (χ3n) is 1.52. The van der Waals surface area contributed by atoms with Crippen LogP contribution in [0.15, 0.2) is 0 Å². The van der Waals surface area contributed by atoms with Crippen LogP contribution in [0.3, 0.4) is 0 Å². The molecular weight excluding hydrogens is 216 g/mol. The van der Waals surface area contributed by atoms with Crippen LogP contribution in [0, 0.1) is 0 Å². The molecule has 15 heavy (non-hydrogen) atoms. The number of unbranched alkanes of at least 4 members (excludes halogenated alkanes) is 1. The molecule has 0 radical (unpaired) electrons. The first-order valence-electron chi connectivity index (χ1n) is 4.92. The highest BCUT2D eigenvalue weighted by Crippen LogP contribution is 2.11. The van der Waals surface area contributed by atoms with Gasteiger partial charge in [-0.3, -0.25) is 9.59 Å². The number of hydrogen-bond donors (Lipinski definition) is 0. The fraction of sp³-hybridized carbons (Fsp3) is 0.778. The lowest BCUT2D eigenvalue weighted by atomic mass is 10.4. The quantitative estimate of drug-likeness (QED) is 0.515. The van der Waals surface area contributed by atoms with Gasteiger partial charge in [0.05, 0.1) is 0 Å². The third-order valence-corrected chi connectivity index (χ3v) is 3.57. The van der Waals surface area contributed by atoms with Crippen LogP contribution in [0.4, 0.5) is 0 Å². The smallest absolute Gasteiger partial charge is 0.465 e. The van der Waals surface area contributed by atoms with E-state index in [1.807, 2.05) is 6.92 Å². The van der Waals surface area contributed by atoms with Crippen molar-refractivity contribution in [3.05, 3.63) is 0 Å². The first-order valence-corrected chi connectivity index (χ1v) is 7.15. The van der Waals surface area contributed by atoms with E-state index in [1.54, 1.807) is 0 Å². The van der Waals surface area contributed by atoms with Gasteiger partial charge in [0.15, 0.2) is 0 Å². The van der Waals surface area contributed by atoms with Crippen LogP contribution >= 0.6 is 0 Å². The van der Waals surface area contributed by atoms with Crippen LogP contribution in [-0.2, 0) is 22.9 Å². The third kappa shape index (κ3) is 7.09. The van der Waals surface area contributed by atoms with E-state index >= 15 is 0 Å². The summed E-state index contributed by atoms with van der Waals surface area (Å²) in [6, 6.07) is 0. The maximum atomic E-state index is 10.8. The zero-order valence-corrected chi connectivity index (χ0v) is 10.7. The molecular formula is C9H18O5Si. The second-order valence-electron chi connectivity index (χ2n) is 3.25. The van der Waals surface area contributed by atoms with Gasteiger partial charge in [-0.15, -0.1) is 0 Å². The SMILES string of the molecule is CCCCO[Si](C)(OC(C)=O)OC(C)=O. The minimum atomic E-state index is -3.11. The van der Waals surface area contributed by atoms with Gasteiger partial charge in [0, 0.05) is 27.0 Å². The second-order valence-corrected chi connectivity index (χ2v) is 5.67. The van der Waals surface area contributed by atoms with Crippen molar-refractivity contribution in [2.45, 2.75) is 40.2 Å². The lowest BCUT2D eigenvalue weighted by molar-refractivity contribution is -0.142. The Bertz CT molecular complexity index is 213. The van der Waals surface area contributed by atoms with E-state index in [9.17, 15) is 9.59 Å². The summed E-state index contributed by atoms with van der Waals surface area (Å²) in [5, 5.41) is 0. The molecule has 6 heteroatoms. The van der Waals surface area contributed by atoms with Crippen molar-refractivity contribution in [2.75, 3.05) is 6.61 Å². The number of carbonyl (C=O) groups is 2. The van der Waals surface area contributed by atoms with Gasteiger partial charge < -0.3 is 13.3 Å². The Hall–Kier alpha value is -0.883. The van der Waals surface area contributed by atoms with E-state index in [-0.39, 0.29) is 0 Å². The van der Waals surface area contributed by atoms with Gasteiger partial charge in [0.1, 0.15) is 0 Å². The summed E-state index contributed by atoms with van der Waals surface area (Å²) >= 11 is 0. The summed E-state index contributed by atoms with van der Waals surface area (Å²) in [6.45, 7) is 6.50. The van der Waals surface area contributed by atoms with Crippen LogP contribution < -0.4 is 0 Å². The topological polar surface area (TPSA) is 61.8 Å². The molecule has 0 spiro atoms. The predicted molar refractivity (Wildman–Crippen MR) is 56.0 cm³/mol. The van der Waals surface area contributed by atoms with Crippen LogP contribution in [0.1, 0.15) is 33.6 Å². The zero-order chi connectivity index (χ0) is 11.9. The van der Waals surface area contributed by atoms with Gasteiger partial charge in [-0.25, -0.2) is 0 Å². The molecule has 0 N–H and O–H groups in total. The first-order chi connectivity index (χ1) is 6.89. The highest BCUT2D eigenvalue weighted by molar-refractivity contribution is 6.62. The molecule has 0 bridgehead atoms. The van der Waals surface area contributed by atoms with Crippen LogP contribution in [-0.4, -0.2) is 27.3 Å². The molecule has 0 atom stereocenters. The highest BCUT2D eigenvalue weighted by atomic mass is 28.4. The molecule has 0 saturated heterocycles. The molecule has 0 aromatic carbocycles. The van der Waals surface area contributed by atoms with Gasteiger partial charge in [-0.2, -0.15) is 0 Å². The van der Waals surface area contributed by atoms with Crippen LogP contribution in [0.5, 0.6) is 0 Å². The molecule has 0 saturated carbocycles. The Labute approximate surface area is 91.1 Å². The maximum absolute atomic E-state index is 10.8. The molecule has 0 unspecified atom stereocenters. The highest BCUT2D eigenvalue weighted by Gasteiger charge is 2.41. The van der Waals surface area contributed by atoms with Crippen molar-refractivity contribution in [3.8, 4) is 0 Å². The van der Waals surface area contributed by atoms with Gasteiger partial charge in [0.2, 0.25) is 0 Å². The van der Waals surface area contributed by atoms with E-state index in [0.29, 0.717) is 6.61 Å². The normalized spacial score (nSPS) is 10.9. The van der Waals surface area contributed by atoms with E-state index in [1.165, 1.54) is 20.4 Å². The fourth-order valence-corrected chi connectivity index (χ4v) is 2.72. The maximum Gasteiger partial charge on any atom is 0.632 e. The Morgan fingerprint density at radius 2 is 1.60 bits per heavy atom. The van der Waals surface area contributed by atoms with Gasteiger partial charge in [-0.05, 0) is 6.42 Å². The molecule has 5 nitrogen and oxygen atoms in total. The monoisotopic (exact) mass is 234 g/mol. The second kappa shape index (κ2) is 6.57. The van der Waals surface area contributed by atoms with Crippen molar-refractivity contribution in [1.29, 1.82) is 0 Å². The molecule has 0 aliphatic carbocycles. The van der Waals surface area contributed by atoms with Crippen molar-refractivity contribution < 1.29 is 22.9 Å². The Morgan fingerprint density at radius 1 is 1.13 bits per heavy atom. The number of hydrogen-bond acceptors (Lipinski definition) is 5. The number of rotatable bonds is 6. The average molecular weight is 234 g/mol. The van der Waals surface area contributed by atoms with Crippen molar-refractivity contribution in [1.82, 2.24) is 0 Å². The van der Waals surface area contributed by atoms with Gasteiger partial charge >= 0.3 is 8.80 Å². The fourth-order valence-electron chi connectivity index (χ4n) is 1.00. The first kappa shape index (κ1) is 14.1. The summed E-state index contributed by atoms with van der Waals surface area (Å²) in [5.41, 5.74) is 0. The lowest BCUT2D eigenvalue weighted by Gasteiger charge is -2.23. The molecule has 0 aromatic heterocycles. The molecule has 88 valence electrons. The molecule has 0 fully saturated rings. The largest absolute Gasteiger partial charge is 0.632 e. The standard InChI is InChI=1S/C9H18O5Si/c1-5-6-7-12-15(4,13-8(2)10)14-9(3)11/h5-7H2,1-4H3. The van der Waals surface area contributed by atoms with E-state index in [4.69, 9.17) is 13.3 Å². The van der Waals surface area contributed by atoms with Crippen molar-refractivity contribution in [2.24, 2.45) is 0 Å².